The average Bonchev–Trinajstić information content (AvgIpc) is 2.67. The van der Waals surface area contributed by atoms with Crippen molar-refractivity contribution in [1.82, 2.24) is 4.90 Å². The van der Waals surface area contributed by atoms with Crippen LogP contribution in [-0.2, 0) is 4.79 Å². The van der Waals surface area contributed by atoms with Crippen LogP contribution in [0.1, 0.15) is 12.0 Å². The Bertz CT molecular complexity index is 394. The molecule has 1 amide bonds. The zero-order valence-electron chi connectivity index (χ0n) is 10.6. The molecule has 0 aromatic heterocycles. The van der Waals surface area contributed by atoms with Crippen molar-refractivity contribution < 1.29 is 4.79 Å². The summed E-state index contributed by atoms with van der Waals surface area (Å²) in [6.45, 7) is 4.20. The Morgan fingerprint density at radius 3 is 2.67 bits per heavy atom. The SMILES string of the molecule is Cc1ccc(NC(=O)CN2CC[C@@H](N)C2)cc1.Cl. The molecule has 1 aliphatic rings. The molecule has 5 heteroatoms. The van der Waals surface area contributed by atoms with Crippen LogP contribution in [0.4, 0.5) is 5.69 Å². The van der Waals surface area contributed by atoms with Gasteiger partial charge in [-0.1, -0.05) is 17.7 Å². The van der Waals surface area contributed by atoms with Crippen LogP contribution in [0.3, 0.4) is 0 Å². The van der Waals surface area contributed by atoms with Crippen LogP contribution in [0.15, 0.2) is 24.3 Å². The third kappa shape index (κ3) is 4.29. The molecule has 0 aliphatic carbocycles. The fourth-order valence-electron chi connectivity index (χ4n) is 2.05. The van der Waals surface area contributed by atoms with Crippen LogP contribution in [0, 0.1) is 6.92 Å². The van der Waals surface area contributed by atoms with Crippen molar-refractivity contribution in [3.05, 3.63) is 29.8 Å². The number of anilines is 1. The van der Waals surface area contributed by atoms with Gasteiger partial charge in [0.05, 0.1) is 6.54 Å². The third-order valence-electron chi connectivity index (χ3n) is 3.01. The zero-order valence-corrected chi connectivity index (χ0v) is 11.4. The average molecular weight is 270 g/mol. The third-order valence-corrected chi connectivity index (χ3v) is 3.01. The lowest BCUT2D eigenvalue weighted by molar-refractivity contribution is -0.117. The van der Waals surface area contributed by atoms with Crippen molar-refractivity contribution in [1.29, 1.82) is 0 Å². The smallest absolute Gasteiger partial charge is 0.238 e. The fourth-order valence-corrected chi connectivity index (χ4v) is 2.05. The van der Waals surface area contributed by atoms with Crippen LogP contribution < -0.4 is 11.1 Å². The van der Waals surface area contributed by atoms with E-state index >= 15 is 0 Å². The molecule has 0 unspecified atom stereocenters. The number of hydrogen-bond donors (Lipinski definition) is 2. The fraction of sp³-hybridized carbons (Fsp3) is 0.462. The summed E-state index contributed by atoms with van der Waals surface area (Å²) in [5.74, 6) is 0.0305. The highest BCUT2D eigenvalue weighted by Crippen LogP contribution is 2.10. The van der Waals surface area contributed by atoms with Gasteiger partial charge in [0.2, 0.25) is 5.91 Å². The Labute approximate surface area is 114 Å². The molecule has 1 atom stereocenters. The highest BCUT2D eigenvalue weighted by Gasteiger charge is 2.20. The topological polar surface area (TPSA) is 58.4 Å². The first-order chi connectivity index (χ1) is 8.13. The van der Waals surface area contributed by atoms with Crippen molar-refractivity contribution in [2.24, 2.45) is 5.73 Å². The van der Waals surface area contributed by atoms with Gasteiger partial charge < -0.3 is 11.1 Å². The normalized spacial score (nSPS) is 19.3. The van der Waals surface area contributed by atoms with Crippen molar-refractivity contribution in [2.45, 2.75) is 19.4 Å². The molecule has 1 fully saturated rings. The maximum absolute atomic E-state index is 11.8. The van der Waals surface area contributed by atoms with Crippen LogP contribution in [0.2, 0.25) is 0 Å². The number of nitrogens with two attached hydrogens (primary N) is 1. The molecule has 3 N–H and O–H groups in total. The number of amides is 1. The molecule has 0 saturated carbocycles. The summed E-state index contributed by atoms with van der Waals surface area (Å²) in [4.78, 5) is 13.9. The maximum atomic E-state index is 11.8. The minimum Gasteiger partial charge on any atom is -0.326 e. The number of carbonyl (C=O) groups is 1. The number of aryl methyl sites for hydroxylation is 1. The van der Waals surface area contributed by atoms with Gasteiger partial charge in [0.1, 0.15) is 0 Å². The van der Waals surface area contributed by atoms with Crippen LogP contribution >= 0.6 is 12.4 Å². The van der Waals surface area contributed by atoms with Crippen molar-refractivity contribution in [2.75, 3.05) is 25.0 Å². The van der Waals surface area contributed by atoms with E-state index < -0.39 is 0 Å². The van der Waals surface area contributed by atoms with Gasteiger partial charge >= 0.3 is 0 Å². The molecule has 1 heterocycles. The first-order valence-corrected chi connectivity index (χ1v) is 5.98. The Morgan fingerprint density at radius 2 is 2.11 bits per heavy atom. The summed E-state index contributed by atoms with van der Waals surface area (Å²) in [6.07, 6.45) is 0.984. The second kappa shape index (κ2) is 6.73. The van der Waals surface area contributed by atoms with Gasteiger partial charge in [-0.15, -0.1) is 12.4 Å². The predicted molar refractivity (Wildman–Crippen MR) is 76.1 cm³/mol. The zero-order chi connectivity index (χ0) is 12.3. The number of benzene rings is 1. The van der Waals surface area contributed by atoms with E-state index in [1.54, 1.807) is 0 Å². The standard InChI is InChI=1S/C13H19N3O.ClH/c1-10-2-4-12(5-3-10)15-13(17)9-16-7-6-11(14)8-16;/h2-5,11H,6-9,14H2,1H3,(H,15,17);1H/t11-;/m1./s1. The lowest BCUT2D eigenvalue weighted by Gasteiger charge is -2.14. The van der Waals surface area contributed by atoms with E-state index in [9.17, 15) is 4.79 Å². The Balaban J connectivity index is 0.00000162. The number of nitrogens with one attached hydrogen (secondary N) is 1. The molecule has 0 radical (unpaired) electrons. The van der Waals surface area contributed by atoms with E-state index in [4.69, 9.17) is 5.73 Å². The van der Waals surface area contributed by atoms with E-state index in [1.165, 1.54) is 5.56 Å². The summed E-state index contributed by atoms with van der Waals surface area (Å²) in [5.41, 5.74) is 7.84. The summed E-state index contributed by atoms with van der Waals surface area (Å²) < 4.78 is 0. The second-order valence-corrected chi connectivity index (χ2v) is 4.70. The molecule has 1 aromatic carbocycles. The number of hydrogen-bond acceptors (Lipinski definition) is 3. The number of nitrogens with zero attached hydrogens (tertiary/aromatic N) is 1. The number of carbonyl (C=O) groups excluding carboxylic acids is 1. The van der Waals surface area contributed by atoms with Gasteiger partial charge in [-0.05, 0) is 25.5 Å². The molecular weight excluding hydrogens is 250 g/mol. The molecule has 100 valence electrons. The Morgan fingerprint density at radius 1 is 1.44 bits per heavy atom. The quantitative estimate of drug-likeness (QED) is 0.872. The monoisotopic (exact) mass is 269 g/mol. The van der Waals surface area contributed by atoms with Crippen molar-refractivity contribution >= 4 is 24.0 Å². The van der Waals surface area contributed by atoms with Crippen LogP contribution in [-0.4, -0.2) is 36.5 Å². The van der Waals surface area contributed by atoms with E-state index in [0.29, 0.717) is 6.54 Å². The maximum Gasteiger partial charge on any atom is 0.238 e. The first-order valence-electron chi connectivity index (χ1n) is 5.98. The highest BCUT2D eigenvalue weighted by atomic mass is 35.5. The largest absolute Gasteiger partial charge is 0.326 e. The molecule has 0 bridgehead atoms. The number of halogens is 1. The van der Waals surface area contributed by atoms with Gasteiger partial charge in [0.15, 0.2) is 0 Å². The lowest BCUT2D eigenvalue weighted by atomic mass is 10.2. The highest BCUT2D eigenvalue weighted by molar-refractivity contribution is 5.92. The van der Waals surface area contributed by atoms with Crippen molar-refractivity contribution in [3.63, 3.8) is 0 Å². The number of likely N-dealkylation sites (tertiary alicyclic amines) is 1. The Hall–Kier alpha value is -1.10. The van der Waals surface area contributed by atoms with Gasteiger partial charge in [-0.3, -0.25) is 9.69 Å². The molecule has 1 aromatic rings. The summed E-state index contributed by atoms with van der Waals surface area (Å²) >= 11 is 0. The molecule has 0 spiro atoms. The van der Waals surface area contributed by atoms with Gasteiger partial charge in [-0.25, -0.2) is 0 Å². The van der Waals surface area contributed by atoms with E-state index in [-0.39, 0.29) is 24.4 Å². The summed E-state index contributed by atoms with van der Waals surface area (Å²) in [5, 5.41) is 2.89. The van der Waals surface area contributed by atoms with E-state index in [1.807, 2.05) is 31.2 Å². The lowest BCUT2D eigenvalue weighted by Crippen LogP contribution is -2.33. The second-order valence-electron chi connectivity index (χ2n) is 4.70. The van der Waals surface area contributed by atoms with Gasteiger partial charge in [-0.2, -0.15) is 0 Å². The predicted octanol–water partition coefficient (Wildman–Crippen LogP) is 1.39. The Kier molecular flexibility index (Phi) is 5.59. The van der Waals surface area contributed by atoms with Crippen LogP contribution in [0.5, 0.6) is 0 Å². The van der Waals surface area contributed by atoms with Crippen molar-refractivity contribution in [3.8, 4) is 0 Å². The molecule has 1 saturated heterocycles. The molecule has 4 nitrogen and oxygen atoms in total. The summed E-state index contributed by atoms with van der Waals surface area (Å²) in [6, 6.07) is 8.04. The van der Waals surface area contributed by atoms with E-state index in [2.05, 4.69) is 10.2 Å². The molecule has 2 rings (SSSR count). The first kappa shape index (κ1) is 15.0. The molecule has 18 heavy (non-hydrogen) atoms. The molecular formula is C13H20ClN3O. The summed E-state index contributed by atoms with van der Waals surface area (Å²) in [7, 11) is 0. The number of rotatable bonds is 3. The minimum absolute atomic E-state index is 0. The molecule has 1 aliphatic heterocycles. The van der Waals surface area contributed by atoms with E-state index in [0.717, 1.165) is 25.2 Å². The van der Waals surface area contributed by atoms with Crippen LogP contribution in [0.25, 0.3) is 0 Å². The van der Waals surface area contributed by atoms with Gasteiger partial charge in [0, 0.05) is 24.8 Å². The van der Waals surface area contributed by atoms with Gasteiger partial charge in [0.25, 0.3) is 0 Å². The minimum atomic E-state index is 0.